The number of aromatic nitrogens is 2. The highest BCUT2D eigenvalue weighted by Gasteiger charge is 2.18. The molecule has 0 atom stereocenters. The van der Waals surface area contributed by atoms with Crippen molar-refractivity contribution in [3.05, 3.63) is 65.0 Å². The van der Waals surface area contributed by atoms with Crippen molar-refractivity contribution in [2.24, 2.45) is 4.99 Å². The van der Waals surface area contributed by atoms with Gasteiger partial charge in [-0.15, -0.1) is 0 Å². The van der Waals surface area contributed by atoms with Crippen molar-refractivity contribution in [3.8, 4) is 17.2 Å². The van der Waals surface area contributed by atoms with E-state index in [-0.39, 0.29) is 5.91 Å². The van der Waals surface area contributed by atoms with Crippen molar-refractivity contribution in [3.63, 3.8) is 0 Å². The van der Waals surface area contributed by atoms with Crippen LogP contribution >= 0.6 is 0 Å². The Morgan fingerprint density at radius 2 is 1.69 bits per heavy atom. The molecule has 2 aromatic carbocycles. The normalized spacial score (nSPS) is 11.2. The first-order chi connectivity index (χ1) is 16.9. The molecular formula is C26H33N5O4. The number of anilines is 1. The number of ether oxygens (including phenoxy) is 3. The Morgan fingerprint density at radius 3 is 2.23 bits per heavy atom. The van der Waals surface area contributed by atoms with Gasteiger partial charge in [0.25, 0.3) is 5.91 Å². The maximum absolute atomic E-state index is 13.2. The number of aliphatic imine (C=N–C) groups is 1. The Hall–Kier alpha value is -4.01. The van der Waals surface area contributed by atoms with Crippen molar-refractivity contribution >= 4 is 17.6 Å². The highest BCUT2D eigenvalue weighted by atomic mass is 16.5. The second-order valence-electron chi connectivity index (χ2n) is 7.80. The van der Waals surface area contributed by atoms with Gasteiger partial charge in [-0.05, 0) is 57.0 Å². The second-order valence-corrected chi connectivity index (χ2v) is 7.80. The van der Waals surface area contributed by atoms with Crippen LogP contribution in [0.3, 0.4) is 0 Å². The number of methoxy groups -OCH3 is 3. The minimum Gasteiger partial charge on any atom is -0.493 e. The zero-order chi connectivity index (χ0) is 25.4. The smallest absolute Gasteiger partial charge is 0.258 e. The molecule has 1 heterocycles. The van der Waals surface area contributed by atoms with Gasteiger partial charge in [-0.1, -0.05) is 18.2 Å². The first-order valence-corrected chi connectivity index (χ1v) is 11.4. The van der Waals surface area contributed by atoms with Crippen LogP contribution in [0.25, 0.3) is 0 Å². The summed E-state index contributed by atoms with van der Waals surface area (Å²) in [7, 11) is 4.53. The van der Waals surface area contributed by atoms with Crippen molar-refractivity contribution in [1.82, 2.24) is 15.1 Å². The van der Waals surface area contributed by atoms with E-state index >= 15 is 0 Å². The third-order valence-electron chi connectivity index (χ3n) is 5.66. The van der Waals surface area contributed by atoms with Gasteiger partial charge >= 0.3 is 0 Å². The second kappa shape index (κ2) is 11.9. The summed E-state index contributed by atoms with van der Waals surface area (Å²) in [6, 6.07) is 12.7. The van der Waals surface area contributed by atoms with Gasteiger partial charge in [0.2, 0.25) is 11.7 Å². The van der Waals surface area contributed by atoms with Crippen LogP contribution in [0.1, 0.15) is 34.2 Å². The largest absolute Gasteiger partial charge is 0.493 e. The van der Waals surface area contributed by atoms with E-state index in [2.05, 4.69) is 34.6 Å². The van der Waals surface area contributed by atoms with Gasteiger partial charge in [0.1, 0.15) is 0 Å². The van der Waals surface area contributed by atoms with Crippen LogP contribution in [0, 0.1) is 13.8 Å². The minimum absolute atomic E-state index is 0.341. The van der Waals surface area contributed by atoms with E-state index < -0.39 is 0 Å². The molecule has 0 aliphatic heterocycles. The lowest BCUT2D eigenvalue weighted by atomic mass is 10.1. The van der Waals surface area contributed by atoms with Crippen molar-refractivity contribution in [1.29, 1.82) is 0 Å². The fourth-order valence-electron chi connectivity index (χ4n) is 3.84. The molecule has 0 bridgehead atoms. The number of benzene rings is 2. The molecular weight excluding hydrogens is 446 g/mol. The van der Waals surface area contributed by atoms with Gasteiger partial charge in [-0.2, -0.15) is 5.10 Å². The van der Waals surface area contributed by atoms with Gasteiger partial charge < -0.3 is 19.5 Å². The highest BCUT2D eigenvalue weighted by molar-refractivity contribution is 6.10. The molecule has 186 valence electrons. The Bertz CT molecular complexity index is 1160. The van der Waals surface area contributed by atoms with Crippen LogP contribution in [-0.4, -0.2) is 49.5 Å². The molecule has 0 radical (unpaired) electrons. The van der Waals surface area contributed by atoms with E-state index in [0.29, 0.717) is 41.7 Å². The predicted molar refractivity (Wildman–Crippen MR) is 137 cm³/mol. The van der Waals surface area contributed by atoms with Crippen LogP contribution < -0.4 is 24.8 Å². The molecule has 0 aliphatic rings. The summed E-state index contributed by atoms with van der Waals surface area (Å²) in [6.07, 6.45) is 0.706. The number of carbonyl (C=O) groups is 1. The summed E-state index contributed by atoms with van der Waals surface area (Å²) in [5, 5.41) is 10.7. The third kappa shape index (κ3) is 6.11. The lowest BCUT2D eigenvalue weighted by molar-refractivity contribution is 0.0976. The maximum atomic E-state index is 13.2. The molecule has 0 spiro atoms. The number of rotatable bonds is 9. The summed E-state index contributed by atoms with van der Waals surface area (Å²) in [5.74, 6) is 1.18. The van der Waals surface area contributed by atoms with Gasteiger partial charge in [0.05, 0.1) is 27.0 Å². The summed E-state index contributed by atoms with van der Waals surface area (Å²) < 4.78 is 18.1. The Kier molecular flexibility index (Phi) is 8.72. The summed E-state index contributed by atoms with van der Waals surface area (Å²) in [5.41, 5.74) is 4.46. The molecule has 0 fully saturated rings. The summed E-state index contributed by atoms with van der Waals surface area (Å²) >= 11 is 0. The number of para-hydroxylation sites is 1. The number of aryl methyl sites for hydroxylation is 2. The van der Waals surface area contributed by atoms with E-state index in [4.69, 9.17) is 14.2 Å². The van der Waals surface area contributed by atoms with Gasteiger partial charge in [0.15, 0.2) is 11.5 Å². The quantitative estimate of drug-likeness (QED) is 0.356. The molecule has 9 nitrogen and oxygen atoms in total. The van der Waals surface area contributed by atoms with Gasteiger partial charge in [-0.25, -0.2) is 0 Å². The Labute approximate surface area is 206 Å². The zero-order valence-corrected chi connectivity index (χ0v) is 21.1. The number of carbonyl (C=O) groups excluding carboxylic acids is 1. The minimum atomic E-state index is -0.363. The SMILES string of the molecule is CCn1nc(C)c(CCN=C(NC(=O)c2cc(OC)c(OC)c(OC)c2)Nc2ccccc2)c1C. The average Bonchev–Trinajstić information content (AvgIpc) is 3.15. The molecule has 35 heavy (non-hydrogen) atoms. The van der Waals surface area contributed by atoms with E-state index in [1.165, 1.54) is 26.9 Å². The van der Waals surface area contributed by atoms with Gasteiger partial charge in [0, 0.05) is 30.0 Å². The molecule has 0 unspecified atom stereocenters. The van der Waals surface area contributed by atoms with Crippen molar-refractivity contribution in [2.45, 2.75) is 33.7 Å². The van der Waals surface area contributed by atoms with E-state index in [1.807, 2.05) is 41.9 Å². The average molecular weight is 480 g/mol. The highest BCUT2D eigenvalue weighted by Crippen LogP contribution is 2.38. The van der Waals surface area contributed by atoms with Crippen molar-refractivity contribution < 1.29 is 19.0 Å². The lowest BCUT2D eigenvalue weighted by Crippen LogP contribution is -2.36. The number of nitrogens with one attached hydrogen (secondary N) is 2. The predicted octanol–water partition coefficient (Wildman–Crippen LogP) is 3.99. The van der Waals surface area contributed by atoms with Crippen LogP contribution in [0.15, 0.2) is 47.5 Å². The first kappa shape index (κ1) is 25.6. The molecule has 3 aromatic rings. The number of hydrogen-bond acceptors (Lipinski definition) is 6. The molecule has 9 heteroatoms. The number of amides is 1. The molecule has 0 aliphatic carbocycles. The van der Waals surface area contributed by atoms with Crippen LogP contribution in [0.4, 0.5) is 5.69 Å². The molecule has 2 N–H and O–H groups in total. The monoisotopic (exact) mass is 479 g/mol. The fraction of sp³-hybridized carbons (Fsp3) is 0.346. The van der Waals surface area contributed by atoms with Gasteiger partial charge in [-0.3, -0.25) is 19.8 Å². The van der Waals surface area contributed by atoms with Crippen LogP contribution in [0.2, 0.25) is 0 Å². The maximum Gasteiger partial charge on any atom is 0.258 e. The Balaban J connectivity index is 1.85. The van der Waals surface area contributed by atoms with Crippen molar-refractivity contribution in [2.75, 3.05) is 33.2 Å². The van der Waals surface area contributed by atoms with Crippen LogP contribution in [-0.2, 0) is 13.0 Å². The lowest BCUT2D eigenvalue weighted by Gasteiger charge is -2.15. The number of nitrogens with zero attached hydrogens (tertiary/aromatic N) is 3. The van der Waals surface area contributed by atoms with E-state index in [1.54, 1.807) is 12.1 Å². The standard InChI is InChI=1S/C26H33N5O4/c1-7-31-18(3)21(17(2)30-31)13-14-27-26(28-20-11-9-8-10-12-20)29-25(32)19-15-22(33-4)24(35-6)23(16-19)34-5/h8-12,15-16H,7,13-14H2,1-6H3,(H2,27,28,29,32). The summed E-state index contributed by atoms with van der Waals surface area (Å²) in [6.45, 7) is 7.44. The molecule has 1 amide bonds. The molecule has 0 saturated carbocycles. The zero-order valence-electron chi connectivity index (χ0n) is 21.1. The molecule has 0 saturated heterocycles. The first-order valence-electron chi connectivity index (χ1n) is 11.4. The Morgan fingerprint density at radius 1 is 1.03 bits per heavy atom. The third-order valence-corrected chi connectivity index (χ3v) is 5.66. The fourth-order valence-corrected chi connectivity index (χ4v) is 3.84. The van der Waals surface area contributed by atoms with E-state index in [0.717, 1.165) is 23.6 Å². The summed E-state index contributed by atoms with van der Waals surface area (Å²) in [4.78, 5) is 17.8. The van der Waals surface area contributed by atoms with Crippen LogP contribution in [0.5, 0.6) is 17.2 Å². The van der Waals surface area contributed by atoms with E-state index in [9.17, 15) is 4.79 Å². The molecule has 3 rings (SSSR count). The number of guanidine groups is 1. The molecule has 1 aromatic heterocycles. The topological polar surface area (TPSA) is 99.0 Å². The number of hydrogen-bond donors (Lipinski definition) is 2.